The number of nitrogens with zero attached hydrogens (tertiary/aromatic N) is 3. The Morgan fingerprint density at radius 3 is 2.39 bits per heavy atom. The van der Waals surface area contributed by atoms with Gasteiger partial charge in [0.1, 0.15) is 24.2 Å². The summed E-state index contributed by atoms with van der Waals surface area (Å²) in [6, 6.07) is 26.1. The van der Waals surface area contributed by atoms with Gasteiger partial charge in [0.25, 0.3) is 5.91 Å². The van der Waals surface area contributed by atoms with Gasteiger partial charge in [-0.2, -0.15) is 0 Å². The van der Waals surface area contributed by atoms with Crippen LogP contribution < -0.4 is 20.3 Å². The average Bonchev–Trinajstić information content (AvgIpc) is 3.43. The molecule has 0 bridgehead atoms. The Morgan fingerprint density at radius 1 is 0.957 bits per heavy atom. The maximum Gasteiger partial charge on any atom is 0.264 e. The molecule has 3 fully saturated rings. The molecule has 0 aliphatic carbocycles. The van der Waals surface area contributed by atoms with Gasteiger partial charge in [-0.1, -0.05) is 42.5 Å². The third-order valence-corrected chi connectivity index (χ3v) is 9.65. The van der Waals surface area contributed by atoms with Crippen molar-refractivity contribution in [2.45, 2.75) is 50.4 Å². The highest BCUT2D eigenvalue weighted by atomic mass is 32.2. The molecule has 1 unspecified atom stereocenters. The van der Waals surface area contributed by atoms with Gasteiger partial charge in [0.15, 0.2) is 5.17 Å². The van der Waals surface area contributed by atoms with Crippen molar-refractivity contribution in [1.82, 2.24) is 15.5 Å². The van der Waals surface area contributed by atoms with Gasteiger partial charge in [0, 0.05) is 51.0 Å². The highest BCUT2D eigenvalue weighted by Crippen LogP contribution is 2.29. The van der Waals surface area contributed by atoms with Crippen LogP contribution in [0, 0.1) is 0 Å². The summed E-state index contributed by atoms with van der Waals surface area (Å²) in [7, 11) is 0. The summed E-state index contributed by atoms with van der Waals surface area (Å²) in [5, 5.41) is 26.9. The maximum absolute atomic E-state index is 12.7. The van der Waals surface area contributed by atoms with Crippen LogP contribution in [-0.2, 0) is 11.3 Å². The number of ether oxygens (including phenoxy) is 1. The van der Waals surface area contributed by atoms with Gasteiger partial charge in [0.05, 0.1) is 10.9 Å². The number of rotatable bonds is 11. The van der Waals surface area contributed by atoms with Gasteiger partial charge in [-0.25, -0.2) is 0 Å². The molecular formula is C36H43N5O4S. The first-order valence-electron chi connectivity index (χ1n) is 16.2. The van der Waals surface area contributed by atoms with E-state index in [2.05, 4.69) is 75.0 Å². The number of likely N-dealkylation sites (tertiary alicyclic amines) is 1. The summed E-state index contributed by atoms with van der Waals surface area (Å²) >= 11 is 1.44. The smallest absolute Gasteiger partial charge is 0.264 e. The van der Waals surface area contributed by atoms with E-state index in [-0.39, 0.29) is 24.3 Å². The molecule has 3 aromatic rings. The van der Waals surface area contributed by atoms with Gasteiger partial charge >= 0.3 is 0 Å². The molecule has 4 N–H and O–H groups in total. The van der Waals surface area contributed by atoms with Crippen LogP contribution in [0.4, 0.5) is 5.69 Å². The summed E-state index contributed by atoms with van der Waals surface area (Å²) in [5.74, 6) is 0.728. The molecule has 9 nitrogen and oxygen atoms in total. The average molecular weight is 642 g/mol. The highest BCUT2D eigenvalue weighted by Gasteiger charge is 2.26. The fourth-order valence-electron chi connectivity index (χ4n) is 6.07. The number of thioether (sulfide) groups is 1. The number of benzene rings is 3. The Labute approximate surface area is 275 Å². The van der Waals surface area contributed by atoms with Gasteiger partial charge < -0.3 is 30.5 Å². The second-order valence-corrected chi connectivity index (χ2v) is 13.2. The number of anilines is 1. The summed E-state index contributed by atoms with van der Waals surface area (Å²) in [5.41, 5.74) is 3.51. The number of carbonyl (C=O) groups is 1. The number of aliphatic hydroxyl groups is 1. The highest BCUT2D eigenvalue weighted by molar-refractivity contribution is 8.18. The predicted octanol–water partition coefficient (Wildman–Crippen LogP) is 4.62. The number of amides is 1. The van der Waals surface area contributed by atoms with E-state index in [0.29, 0.717) is 28.4 Å². The molecule has 6 rings (SSSR count). The van der Waals surface area contributed by atoms with E-state index in [0.717, 1.165) is 64.0 Å². The number of aromatic hydroxyl groups is 1. The summed E-state index contributed by atoms with van der Waals surface area (Å²) in [6.07, 6.45) is 5.31. The molecule has 0 aromatic heterocycles. The molecule has 0 saturated carbocycles. The van der Waals surface area contributed by atoms with Crippen LogP contribution in [0.3, 0.4) is 0 Å². The van der Waals surface area contributed by atoms with Crippen LogP contribution in [0.5, 0.6) is 11.5 Å². The molecule has 3 aliphatic heterocycles. The first kappa shape index (κ1) is 32.1. The molecule has 0 radical (unpaired) electrons. The lowest BCUT2D eigenvalue weighted by atomic mass is 10.0. The van der Waals surface area contributed by atoms with E-state index in [1.165, 1.54) is 23.0 Å². The lowest BCUT2D eigenvalue weighted by Crippen LogP contribution is -2.45. The fraction of sp³-hybridized carbons (Fsp3) is 0.389. The first-order valence-corrected chi connectivity index (χ1v) is 17.0. The number of phenols is 1. The molecule has 242 valence electrons. The van der Waals surface area contributed by atoms with Gasteiger partial charge in [-0.3, -0.25) is 14.7 Å². The van der Waals surface area contributed by atoms with E-state index in [4.69, 9.17) is 9.73 Å². The Hall–Kier alpha value is -3.83. The van der Waals surface area contributed by atoms with Crippen molar-refractivity contribution in [1.29, 1.82) is 0 Å². The summed E-state index contributed by atoms with van der Waals surface area (Å²) in [6.45, 7) is 5.53. The van der Waals surface area contributed by atoms with E-state index in [1.807, 2.05) is 6.08 Å². The number of hydrogen-bond acceptors (Lipinski definition) is 9. The maximum atomic E-state index is 12.7. The van der Waals surface area contributed by atoms with Crippen molar-refractivity contribution in [3.63, 3.8) is 0 Å². The van der Waals surface area contributed by atoms with E-state index < -0.39 is 6.10 Å². The number of nitrogens with one attached hydrogen (secondary N) is 2. The summed E-state index contributed by atoms with van der Waals surface area (Å²) < 4.78 is 5.61. The van der Waals surface area contributed by atoms with Crippen molar-refractivity contribution in [3.05, 3.63) is 94.9 Å². The van der Waals surface area contributed by atoms with Crippen molar-refractivity contribution in [2.75, 3.05) is 44.2 Å². The predicted molar refractivity (Wildman–Crippen MR) is 185 cm³/mol. The Balaban J connectivity index is 0.916. The van der Waals surface area contributed by atoms with Gasteiger partial charge in [-0.05, 0) is 91.0 Å². The number of phenolic OH excluding ortho intramolecular Hbond substituents is 1. The number of amidine groups is 1. The monoisotopic (exact) mass is 641 g/mol. The van der Waals surface area contributed by atoms with Crippen molar-refractivity contribution in [2.24, 2.45) is 4.99 Å². The van der Waals surface area contributed by atoms with Crippen LogP contribution in [0.25, 0.3) is 6.08 Å². The number of piperidine rings is 2. The minimum absolute atomic E-state index is 0.0825. The van der Waals surface area contributed by atoms with E-state index in [9.17, 15) is 15.0 Å². The van der Waals surface area contributed by atoms with Gasteiger partial charge in [0.2, 0.25) is 0 Å². The molecule has 46 heavy (non-hydrogen) atoms. The molecule has 10 heteroatoms. The largest absolute Gasteiger partial charge is 0.508 e. The Morgan fingerprint density at radius 2 is 1.67 bits per heavy atom. The van der Waals surface area contributed by atoms with Crippen LogP contribution in [0.2, 0.25) is 0 Å². The second-order valence-electron chi connectivity index (χ2n) is 12.2. The molecule has 3 aromatic carbocycles. The van der Waals surface area contributed by atoms with Crippen LogP contribution in [0.15, 0.2) is 88.8 Å². The zero-order valence-corrected chi connectivity index (χ0v) is 26.9. The zero-order valence-electron chi connectivity index (χ0n) is 26.1. The molecule has 3 heterocycles. The molecular weight excluding hydrogens is 598 g/mol. The lowest BCUT2D eigenvalue weighted by Gasteiger charge is -2.34. The molecule has 0 spiro atoms. The molecule has 1 amide bonds. The van der Waals surface area contributed by atoms with Gasteiger partial charge in [-0.15, -0.1) is 0 Å². The Bertz CT molecular complexity index is 1480. The minimum atomic E-state index is -0.612. The molecule has 1 atom stereocenters. The fourth-order valence-corrected chi connectivity index (χ4v) is 6.97. The number of carbonyl (C=O) groups excluding carboxylic acids is 1. The number of aliphatic imine (C=N–C) groups is 1. The first-order chi connectivity index (χ1) is 22.5. The number of aliphatic hydroxyl groups excluding tert-OH is 1. The minimum Gasteiger partial charge on any atom is -0.508 e. The van der Waals surface area contributed by atoms with E-state index in [1.54, 1.807) is 24.3 Å². The molecule has 3 saturated heterocycles. The van der Waals surface area contributed by atoms with Crippen molar-refractivity contribution >= 4 is 34.6 Å². The second kappa shape index (κ2) is 15.6. The standard InChI is InChI=1S/C36H43N5O4S/c42-31-10-12-33(13-11-31)45-25-32(43)23-37-28-16-20-41(21-17-28)30-8-6-26(7-9-30)22-34-35(44)39-36(46-34)38-29-14-18-40(19-15-29)24-27-4-2-1-3-5-27/h1-13,22,28-29,32,37,42-43H,14-21,23-25H2,(H,38,39,44). The Kier molecular flexibility index (Phi) is 10.9. The van der Waals surface area contributed by atoms with Crippen LogP contribution in [0.1, 0.15) is 36.8 Å². The van der Waals surface area contributed by atoms with Crippen molar-refractivity contribution in [3.8, 4) is 11.5 Å². The third kappa shape index (κ3) is 9.13. The normalized spacial score (nSPS) is 20.7. The van der Waals surface area contributed by atoms with Crippen LogP contribution in [-0.4, -0.2) is 83.7 Å². The van der Waals surface area contributed by atoms with E-state index >= 15 is 0 Å². The lowest BCUT2D eigenvalue weighted by molar-refractivity contribution is -0.115. The number of hydrogen-bond donors (Lipinski definition) is 4. The SMILES string of the molecule is O=C1NC(=NC2CCN(Cc3ccccc3)CC2)SC1=Cc1ccc(N2CCC(NCC(O)COc3ccc(O)cc3)CC2)cc1. The molecule has 3 aliphatic rings. The van der Waals surface area contributed by atoms with Crippen LogP contribution >= 0.6 is 11.8 Å². The quantitative estimate of drug-likeness (QED) is 0.225. The summed E-state index contributed by atoms with van der Waals surface area (Å²) in [4.78, 5) is 23.1. The third-order valence-electron chi connectivity index (χ3n) is 8.73. The zero-order chi connectivity index (χ0) is 31.7. The topological polar surface area (TPSA) is 110 Å². The van der Waals surface area contributed by atoms with Crippen molar-refractivity contribution < 1.29 is 19.7 Å².